The minimum atomic E-state index is 0. The number of rotatable bonds is 6. The third-order valence-corrected chi connectivity index (χ3v) is 4.81. The average Bonchev–Trinajstić information content (AvgIpc) is 3.13. The maximum Gasteiger partial charge on any atom is 0.194 e. The van der Waals surface area contributed by atoms with Crippen molar-refractivity contribution in [2.45, 2.75) is 31.8 Å². The first-order valence-corrected chi connectivity index (χ1v) is 9.03. The van der Waals surface area contributed by atoms with Crippen molar-refractivity contribution in [2.24, 2.45) is 10.9 Å². The SMILES string of the molecule is COCCN=C(NCCc1ccco1)N1CCC2OCCCC2C1.I. The van der Waals surface area contributed by atoms with Gasteiger partial charge in [0, 0.05) is 45.7 Å². The van der Waals surface area contributed by atoms with Crippen molar-refractivity contribution in [2.75, 3.05) is 46.5 Å². The molecule has 2 aliphatic rings. The van der Waals surface area contributed by atoms with Crippen molar-refractivity contribution in [1.82, 2.24) is 10.2 Å². The van der Waals surface area contributed by atoms with Crippen LogP contribution in [0.5, 0.6) is 0 Å². The summed E-state index contributed by atoms with van der Waals surface area (Å²) in [6.07, 6.45) is 6.55. The Morgan fingerprint density at radius 3 is 3.16 bits per heavy atom. The van der Waals surface area contributed by atoms with E-state index < -0.39 is 0 Å². The number of furan rings is 1. The van der Waals surface area contributed by atoms with Gasteiger partial charge in [-0.3, -0.25) is 4.99 Å². The van der Waals surface area contributed by atoms with Gasteiger partial charge in [-0.1, -0.05) is 0 Å². The average molecular weight is 463 g/mol. The number of guanidine groups is 1. The van der Waals surface area contributed by atoms with Crippen LogP contribution in [0.4, 0.5) is 0 Å². The molecule has 1 aromatic heterocycles. The largest absolute Gasteiger partial charge is 0.469 e. The molecular formula is C18H30IN3O3. The van der Waals surface area contributed by atoms with Crippen LogP contribution >= 0.6 is 24.0 Å². The first-order valence-electron chi connectivity index (χ1n) is 9.03. The second-order valence-electron chi connectivity index (χ2n) is 6.50. The number of aliphatic imine (C=N–C) groups is 1. The van der Waals surface area contributed by atoms with Crippen LogP contribution in [-0.2, 0) is 15.9 Å². The lowest BCUT2D eigenvalue weighted by atomic mass is 9.88. The van der Waals surface area contributed by atoms with Gasteiger partial charge in [0.2, 0.25) is 0 Å². The predicted molar refractivity (Wildman–Crippen MR) is 109 cm³/mol. The number of nitrogens with zero attached hydrogens (tertiary/aromatic N) is 2. The van der Waals surface area contributed by atoms with E-state index in [0.29, 0.717) is 25.2 Å². The minimum absolute atomic E-state index is 0. The molecule has 6 nitrogen and oxygen atoms in total. The molecule has 2 saturated heterocycles. The third kappa shape index (κ3) is 6.14. The second-order valence-corrected chi connectivity index (χ2v) is 6.50. The lowest BCUT2D eigenvalue weighted by molar-refractivity contribution is -0.0559. The molecule has 0 bridgehead atoms. The molecule has 2 aliphatic heterocycles. The summed E-state index contributed by atoms with van der Waals surface area (Å²) in [6.45, 7) is 5.11. The number of methoxy groups -OCH3 is 1. The van der Waals surface area contributed by atoms with E-state index in [4.69, 9.17) is 18.9 Å². The Balaban J connectivity index is 0.00000225. The monoisotopic (exact) mass is 463 g/mol. The van der Waals surface area contributed by atoms with Crippen LogP contribution in [0.25, 0.3) is 0 Å². The van der Waals surface area contributed by atoms with Gasteiger partial charge in [0.05, 0.1) is 25.5 Å². The van der Waals surface area contributed by atoms with Gasteiger partial charge in [-0.25, -0.2) is 0 Å². The number of hydrogen-bond acceptors (Lipinski definition) is 4. The predicted octanol–water partition coefficient (Wildman–Crippen LogP) is 2.53. The Kier molecular flexibility index (Phi) is 9.05. The highest BCUT2D eigenvalue weighted by Gasteiger charge is 2.33. The van der Waals surface area contributed by atoms with E-state index in [1.54, 1.807) is 13.4 Å². The number of likely N-dealkylation sites (tertiary alicyclic amines) is 1. The Bertz CT molecular complexity index is 510. The van der Waals surface area contributed by atoms with E-state index in [2.05, 4.69) is 10.2 Å². The summed E-state index contributed by atoms with van der Waals surface area (Å²) >= 11 is 0. The van der Waals surface area contributed by atoms with Gasteiger partial charge in [-0.05, 0) is 31.4 Å². The Morgan fingerprint density at radius 2 is 2.36 bits per heavy atom. The van der Waals surface area contributed by atoms with Crippen LogP contribution < -0.4 is 5.32 Å². The molecule has 7 heteroatoms. The standard InChI is InChI=1S/C18H29N3O3.HI/c1-22-13-9-20-18(19-8-6-16-5-3-11-23-16)21-10-7-17-15(14-21)4-2-12-24-17;/h3,5,11,15,17H,2,4,6-10,12-14H2,1H3,(H,19,20);1H. The van der Waals surface area contributed by atoms with Crippen molar-refractivity contribution in [1.29, 1.82) is 0 Å². The first-order chi connectivity index (χ1) is 11.9. The number of fused-ring (bicyclic) bond motifs is 1. The molecule has 0 spiro atoms. The first kappa shape index (κ1) is 20.5. The highest BCUT2D eigenvalue weighted by Crippen LogP contribution is 2.28. The summed E-state index contributed by atoms with van der Waals surface area (Å²) in [6, 6.07) is 3.94. The molecule has 2 atom stereocenters. The highest BCUT2D eigenvalue weighted by atomic mass is 127. The molecule has 2 fully saturated rings. The van der Waals surface area contributed by atoms with E-state index in [-0.39, 0.29) is 24.0 Å². The number of piperidine rings is 1. The molecule has 0 saturated carbocycles. The van der Waals surface area contributed by atoms with Gasteiger partial charge in [-0.15, -0.1) is 24.0 Å². The van der Waals surface area contributed by atoms with Crippen molar-refractivity contribution < 1.29 is 13.9 Å². The van der Waals surface area contributed by atoms with Crippen LogP contribution in [0.15, 0.2) is 27.8 Å². The van der Waals surface area contributed by atoms with E-state index >= 15 is 0 Å². The fraction of sp³-hybridized carbons (Fsp3) is 0.722. The molecule has 0 radical (unpaired) electrons. The molecule has 1 aromatic rings. The van der Waals surface area contributed by atoms with Crippen LogP contribution in [0.2, 0.25) is 0 Å². The van der Waals surface area contributed by atoms with Gasteiger partial charge in [-0.2, -0.15) is 0 Å². The summed E-state index contributed by atoms with van der Waals surface area (Å²) < 4.78 is 16.5. The number of nitrogens with one attached hydrogen (secondary N) is 1. The summed E-state index contributed by atoms with van der Waals surface area (Å²) in [5.74, 6) is 2.62. The molecule has 0 aliphatic carbocycles. The molecule has 2 unspecified atom stereocenters. The van der Waals surface area contributed by atoms with Gasteiger partial charge in [0.25, 0.3) is 0 Å². The zero-order valence-electron chi connectivity index (χ0n) is 15.0. The highest BCUT2D eigenvalue weighted by molar-refractivity contribution is 14.0. The lowest BCUT2D eigenvalue weighted by Crippen LogP contribution is -2.52. The van der Waals surface area contributed by atoms with Crippen molar-refractivity contribution in [3.63, 3.8) is 0 Å². The quantitative estimate of drug-likeness (QED) is 0.304. The molecule has 0 amide bonds. The molecular weight excluding hydrogens is 433 g/mol. The van der Waals surface area contributed by atoms with Gasteiger partial charge in [0.15, 0.2) is 5.96 Å². The fourth-order valence-corrected chi connectivity index (χ4v) is 3.54. The van der Waals surface area contributed by atoms with E-state index in [0.717, 1.165) is 50.8 Å². The van der Waals surface area contributed by atoms with Crippen molar-refractivity contribution in [3.05, 3.63) is 24.2 Å². The minimum Gasteiger partial charge on any atom is -0.469 e. The summed E-state index contributed by atoms with van der Waals surface area (Å²) in [7, 11) is 1.71. The van der Waals surface area contributed by atoms with Gasteiger partial charge >= 0.3 is 0 Å². The van der Waals surface area contributed by atoms with Crippen LogP contribution in [0.3, 0.4) is 0 Å². The number of hydrogen-bond donors (Lipinski definition) is 1. The Hall–Kier alpha value is -0.800. The molecule has 25 heavy (non-hydrogen) atoms. The third-order valence-electron chi connectivity index (χ3n) is 4.81. The maximum absolute atomic E-state index is 5.92. The maximum atomic E-state index is 5.92. The van der Waals surface area contributed by atoms with E-state index in [9.17, 15) is 0 Å². The summed E-state index contributed by atoms with van der Waals surface area (Å²) in [5, 5.41) is 3.50. The van der Waals surface area contributed by atoms with Crippen LogP contribution in [-0.4, -0.2) is 63.5 Å². The van der Waals surface area contributed by atoms with E-state index in [1.807, 2.05) is 12.1 Å². The van der Waals surface area contributed by atoms with E-state index in [1.165, 1.54) is 12.8 Å². The molecule has 0 aromatic carbocycles. The van der Waals surface area contributed by atoms with Gasteiger partial charge < -0.3 is 24.1 Å². The smallest absolute Gasteiger partial charge is 0.194 e. The zero-order chi connectivity index (χ0) is 16.6. The zero-order valence-corrected chi connectivity index (χ0v) is 17.3. The second kappa shape index (κ2) is 11.0. The number of ether oxygens (including phenoxy) is 2. The summed E-state index contributed by atoms with van der Waals surface area (Å²) in [5.41, 5.74) is 0. The Labute approximate surface area is 167 Å². The van der Waals surface area contributed by atoms with Crippen LogP contribution in [0, 0.1) is 5.92 Å². The van der Waals surface area contributed by atoms with Crippen LogP contribution in [0.1, 0.15) is 25.0 Å². The molecule has 3 rings (SSSR count). The van der Waals surface area contributed by atoms with Crippen molar-refractivity contribution >= 4 is 29.9 Å². The topological polar surface area (TPSA) is 59.2 Å². The number of halogens is 1. The molecule has 3 heterocycles. The molecule has 142 valence electrons. The Morgan fingerprint density at radius 1 is 1.44 bits per heavy atom. The normalized spacial score (nSPS) is 23.7. The molecule has 1 N–H and O–H groups in total. The lowest BCUT2D eigenvalue weighted by Gasteiger charge is -2.42. The fourth-order valence-electron chi connectivity index (χ4n) is 3.54. The summed E-state index contributed by atoms with van der Waals surface area (Å²) in [4.78, 5) is 7.11. The van der Waals surface area contributed by atoms with Crippen molar-refractivity contribution in [3.8, 4) is 0 Å². The van der Waals surface area contributed by atoms with Gasteiger partial charge in [0.1, 0.15) is 5.76 Å².